The van der Waals surface area contributed by atoms with Crippen LogP contribution in [-0.4, -0.2) is 11.9 Å². The van der Waals surface area contributed by atoms with Crippen molar-refractivity contribution in [3.8, 4) is 0 Å². The van der Waals surface area contributed by atoms with Gasteiger partial charge in [-0.05, 0) is 25.7 Å². The van der Waals surface area contributed by atoms with Crippen LogP contribution < -0.4 is 0 Å². The third kappa shape index (κ3) is 7.14. The molecule has 1 aliphatic heterocycles. The van der Waals surface area contributed by atoms with Crippen molar-refractivity contribution in [2.75, 3.05) is 0 Å². The predicted octanol–water partition coefficient (Wildman–Crippen LogP) is 4.16. The molecule has 1 rings (SSSR count). The van der Waals surface area contributed by atoms with Crippen molar-refractivity contribution in [3.63, 3.8) is 0 Å². The fraction of sp³-hybridized carbons (Fsp3) is 0.750. The Labute approximate surface area is 116 Å². The van der Waals surface area contributed by atoms with E-state index in [1.54, 1.807) is 0 Å². The Morgan fingerprint density at radius 2 is 1.74 bits per heavy atom. The maximum Gasteiger partial charge on any atom is 0.317 e. The fourth-order valence-corrected chi connectivity index (χ4v) is 2.39. The van der Waals surface area contributed by atoms with Crippen molar-refractivity contribution in [1.82, 2.24) is 0 Å². The molecule has 0 spiro atoms. The summed E-state index contributed by atoms with van der Waals surface area (Å²) in [4.78, 5) is 22.1. The van der Waals surface area contributed by atoms with E-state index in [1.165, 1.54) is 32.1 Å². The SMILES string of the molecule is CC/C=C/CCCCCCCCC1CC(=O)OC1=O. The van der Waals surface area contributed by atoms with E-state index in [4.69, 9.17) is 0 Å². The van der Waals surface area contributed by atoms with Gasteiger partial charge in [0.25, 0.3) is 0 Å². The average molecular weight is 266 g/mol. The molecule has 0 aromatic heterocycles. The first-order valence-electron chi connectivity index (χ1n) is 7.63. The lowest BCUT2D eigenvalue weighted by Gasteiger charge is -2.04. The summed E-state index contributed by atoms with van der Waals surface area (Å²) >= 11 is 0. The quantitative estimate of drug-likeness (QED) is 0.258. The Bertz CT molecular complexity index is 307. The topological polar surface area (TPSA) is 43.4 Å². The van der Waals surface area contributed by atoms with Gasteiger partial charge in [0.05, 0.1) is 12.3 Å². The van der Waals surface area contributed by atoms with Gasteiger partial charge in [-0.25, -0.2) is 0 Å². The first kappa shape index (κ1) is 15.9. The predicted molar refractivity (Wildman–Crippen MR) is 75.6 cm³/mol. The standard InChI is InChI=1S/C16H26O3/c1-2-3-4-5-6-7-8-9-10-11-12-14-13-15(17)19-16(14)18/h3-4,14H,2,5-13H2,1H3/b4-3+. The molecular formula is C16H26O3. The number of esters is 2. The summed E-state index contributed by atoms with van der Waals surface area (Å²) in [6.45, 7) is 2.16. The van der Waals surface area contributed by atoms with Crippen LogP contribution >= 0.6 is 0 Å². The Balaban J connectivity index is 1.87. The minimum absolute atomic E-state index is 0.160. The van der Waals surface area contributed by atoms with Gasteiger partial charge in [0.2, 0.25) is 0 Å². The summed E-state index contributed by atoms with van der Waals surface area (Å²) < 4.78 is 4.53. The zero-order chi connectivity index (χ0) is 13.9. The Morgan fingerprint density at radius 3 is 2.37 bits per heavy atom. The van der Waals surface area contributed by atoms with E-state index >= 15 is 0 Å². The van der Waals surface area contributed by atoms with Gasteiger partial charge in [-0.3, -0.25) is 9.59 Å². The summed E-state index contributed by atoms with van der Waals surface area (Å²) in [6.07, 6.45) is 15.2. The third-order valence-corrected chi connectivity index (χ3v) is 3.54. The van der Waals surface area contributed by atoms with Crippen molar-refractivity contribution in [3.05, 3.63) is 12.2 Å². The molecule has 0 aromatic rings. The van der Waals surface area contributed by atoms with Gasteiger partial charge >= 0.3 is 11.9 Å². The fourth-order valence-electron chi connectivity index (χ4n) is 2.39. The number of allylic oxidation sites excluding steroid dienone is 2. The summed E-state index contributed by atoms with van der Waals surface area (Å²) in [7, 11) is 0. The van der Waals surface area contributed by atoms with Gasteiger partial charge in [-0.15, -0.1) is 0 Å². The highest BCUT2D eigenvalue weighted by molar-refractivity contribution is 5.94. The van der Waals surface area contributed by atoms with Crippen LogP contribution in [0.5, 0.6) is 0 Å². The normalized spacial score (nSPS) is 19.3. The molecule has 0 amide bonds. The van der Waals surface area contributed by atoms with E-state index < -0.39 is 0 Å². The van der Waals surface area contributed by atoms with Crippen LogP contribution in [0.15, 0.2) is 12.2 Å². The van der Waals surface area contributed by atoms with Crippen molar-refractivity contribution >= 4 is 11.9 Å². The van der Waals surface area contributed by atoms with E-state index in [0.717, 1.165) is 25.7 Å². The van der Waals surface area contributed by atoms with Crippen LogP contribution in [-0.2, 0) is 14.3 Å². The third-order valence-electron chi connectivity index (χ3n) is 3.54. The van der Waals surface area contributed by atoms with E-state index in [1.807, 2.05) is 0 Å². The minimum atomic E-state index is -0.352. The van der Waals surface area contributed by atoms with Crippen LogP contribution in [0.1, 0.15) is 71.1 Å². The van der Waals surface area contributed by atoms with E-state index in [2.05, 4.69) is 23.8 Å². The number of rotatable bonds is 10. The second-order valence-electron chi connectivity index (χ2n) is 5.27. The molecule has 1 saturated heterocycles. The maximum absolute atomic E-state index is 11.2. The van der Waals surface area contributed by atoms with E-state index in [9.17, 15) is 9.59 Å². The number of unbranched alkanes of at least 4 members (excludes halogenated alkanes) is 6. The maximum atomic E-state index is 11.2. The molecule has 1 unspecified atom stereocenters. The van der Waals surface area contributed by atoms with Crippen LogP contribution in [0.25, 0.3) is 0 Å². The number of hydrogen-bond acceptors (Lipinski definition) is 3. The van der Waals surface area contributed by atoms with Crippen LogP contribution in [0.2, 0.25) is 0 Å². The minimum Gasteiger partial charge on any atom is -0.393 e. The van der Waals surface area contributed by atoms with E-state index in [-0.39, 0.29) is 17.9 Å². The molecule has 3 nitrogen and oxygen atoms in total. The lowest BCUT2D eigenvalue weighted by Crippen LogP contribution is -2.06. The number of cyclic esters (lactones) is 2. The van der Waals surface area contributed by atoms with E-state index in [0.29, 0.717) is 6.42 Å². The van der Waals surface area contributed by atoms with Crippen LogP contribution in [0.4, 0.5) is 0 Å². The highest BCUT2D eigenvalue weighted by Crippen LogP contribution is 2.22. The number of hydrogen-bond donors (Lipinski definition) is 0. The molecule has 108 valence electrons. The van der Waals surface area contributed by atoms with Crippen molar-refractivity contribution in [1.29, 1.82) is 0 Å². The zero-order valence-corrected chi connectivity index (χ0v) is 12.0. The summed E-state index contributed by atoms with van der Waals surface area (Å²) in [5.74, 6) is -0.825. The van der Waals surface area contributed by atoms with Gasteiger partial charge in [0.1, 0.15) is 0 Å². The molecule has 0 bridgehead atoms. The van der Waals surface area contributed by atoms with Gasteiger partial charge in [-0.1, -0.05) is 51.2 Å². The van der Waals surface area contributed by atoms with Gasteiger partial charge in [-0.2, -0.15) is 0 Å². The average Bonchev–Trinajstić information content (AvgIpc) is 2.70. The highest BCUT2D eigenvalue weighted by Gasteiger charge is 2.32. The Morgan fingerprint density at radius 1 is 1.05 bits per heavy atom. The molecule has 1 heterocycles. The molecular weight excluding hydrogens is 240 g/mol. The van der Waals surface area contributed by atoms with Crippen LogP contribution in [0, 0.1) is 5.92 Å². The molecule has 0 radical (unpaired) electrons. The van der Waals surface area contributed by atoms with Crippen molar-refractivity contribution in [2.45, 2.75) is 71.1 Å². The molecule has 1 atom stereocenters. The first-order chi connectivity index (χ1) is 9.24. The van der Waals surface area contributed by atoms with Gasteiger partial charge in [0.15, 0.2) is 0 Å². The number of carbonyl (C=O) groups excluding carboxylic acids is 2. The largest absolute Gasteiger partial charge is 0.393 e. The smallest absolute Gasteiger partial charge is 0.317 e. The Hall–Kier alpha value is -1.12. The lowest BCUT2D eigenvalue weighted by molar-refractivity contribution is -0.153. The number of carbonyl (C=O) groups is 2. The molecule has 19 heavy (non-hydrogen) atoms. The number of ether oxygens (including phenoxy) is 1. The molecule has 0 N–H and O–H groups in total. The molecule has 0 aliphatic carbocycles. The monoisotopic (exact) mass is 266 g/mol. The lowest BCUT2D eigenvalue weighted by atomic mass is 9.99. The second-order valence-corrected chi connectivity index (χ2v) is 5.27. The van der Waals surface area contributed by atoms with Gasteiger partial charge < -0.3 is 4.74 Å². The molecule has 1 aliphatic rings. The molecule has 0 aromatic carbocycles. The molecule has 0 saturated carbocycles. The summed E-state index contributed by atoms with van der Waals surface area (Å²) in [6, 6.07) is 0. The van der Waals surface area contributed by atoms with Crippen molar-refractivity contribution < 1.29 is 14.3 Å². The highest BCUT2D eigenvalue weighted by atomic mass is 16.6. The second kappa shape index (κ2) is 9.76. The first-order valence-corrected chi connectivity index (χ1v) is 7.63. The summed E-state index contributed by atoms with van der Waals surface area (Å²) in [5, 5.41) is 0. The molecule has 1 fully saturated rings. The zero-order valence-electron chi connectivity index (χ0n) is 12.0. The van der Waals surface area contributed by atoms with Crippen LogP contribution in [0.3, 0.4) is 0 Å². The Kier molecular flexibility index (Phi) is 8.19. The molecule has 3 heteroatoms. The van der Waals surface area contributed by atoms with Crippen molar-refractivity contribution in [2.24, 2.45) is 5.92 Å². The van der Waals surface area contributed by atoms with Gasteiger partial charge in [0, 0.05) is 0 Å². The summed E-state index contributed by atoms with van der Waals surface area (Å²) in [5.41, 5.74) is 0.